The zero-order valence-corrected chi connectivity index (χ0v) is 32.6. The van der Waals surface area contributed by atoms with Gasteiger partial charge in [0.2, 0.25) is 0 Å². The van der Waals surface area contributed by atoms with E-state index in [2.05, 4.69) is 195 Å². The molecule has 1 aliphatic carbocycles. The molecule has 0 atom stereocenters. The fourth-order valence-electron chi connectivity index (χ4n) is 10.5. The van der Waals surface area contributed by atoms with Gasteiger partial charge in [0.05, 0.1) is 0 Å². The second-order valence-corrected chi connectivity index (χ2v) is 22.8. The van der Waals surface area contributed by atoms with E-state index >= 15 is 0 Å². The second kappa shape index (κ2) is 11.1. The summed E-state index contributed by atoms with van der Waals surface area (Å²) in [5.74, 6) is 3.84. The van der Waals surface area contributed by atoms with Crippen LogP contribution in [0, 0.1) is 13.8 Å². The second-order valence-electron chi connectivity index (χ2n) is 15.3. The normalized spacial score (nSPS) is 15.3. The number of hydrogen-bond donors (Lipinski definition) is 0. The number of aryl methyl sites for hydroxylation is 2. The van der Waals surface area contributed by atoms with Crippen LogP contribution in [0.3, 0.4) is 0 Å². The zero-order valence-electron chi connectivity index (χ0n) is 30.5. The maximum absolute atomic E-state index is 7.03. The van der Waals surface area contributed by atoms with Crippen LogP contribution in [0.1, 0.15) is 33.4 Å². The molecule has 3 nitrogen and oxygen atoms in total. The van der Waals surface area contributed by atoms with Gasteiger partial charge >= 0.3 is 325 Å². The van der Waals surface area contributed by atoms with E-state index in [9.17, 15) is 0 Å². The Labute approximate surface area is 323 Å². The van der Waals surface area contributed by atoms with Crippen molar-refractivity contribution in [2.45, 2.75) is 19.3 Å². The summed E-state index contributed by atoms with van der Waals surface area (Å²) in [6.07, 6.45) is 0. The first kappa shape index (κ1) is 31.1. The summed E-state index contributed by atoms with van der Waals surface area (Å²) in [6.45, 7) is 4.39. The zero-order chi connectivity index (χ0) is 36.5. The van der Waals surface area contributed by atoms with E-state index in [1.54, 1.807) is 0 Å². The van der Waals surface area contributed by atoms with E-state index < -0.39 is 18.7 Å². The molecule has 0 radical (unpaired) electrons. The van der Waals surface area contributed by atoms with Crippen LogP contribution in [0.15, 0.2) is 176 Å². The van der Waals surface area contributed by atoms with Crippen LogP contribution < -0.4 is 32.0 Å². The van der Waals surface area contributed by atoms with Gasteiger partial charge in [-0.15, -0.1) is 0 Å². The average molecular weight is 766 g/mol. The summed E-state index contributed by atoms with van der Waals surface area (Å²) < 4.78 is 19.4. The first-order chi connectivity index (χ1) is 27.1. The summed E-state index contributed by atoms with van der Waals surface area (Å²) in [5, 5.41) is 0. The third kappa shape index (κ3) is 3.81. The predicted octanol–water partition coefficient (Wildman–Crippen LogP) is 10.0. The molecule has 3 aliphatic heterocycles. The van der Waals surface area contributed by atoms with E-state index in [0.29, 0.717) is 0 Å². The molecule has 0 amide bonds. The van der Waals surface area contributed by atoms with Crippen molar-refractivity contribution in [1.29, 1.82) is 0 Å². The molecule has 0 N–H and O–H groups in total. The molecule has 4 aliphatic rings. The van der Waals surface area contributed by atoms with E-state index in [0.717, 1.165) is 39.8 Å². The minimum absolute atomic E-state index is 0.458. The topological polar surface area (TPSA) is 21.7 Å². The van der Waals surface area contributed by atoms with Gasteiger partial charge in [-0.3, -0.25) is 0 Å². The minimum atomic E-state index is -3.75. The van der Waals surface area contributed by atoms with Crippen LogP contribution in [0.4, 0.5) is 17.1 Å². The summed E-state index contributed by atoms with van der Waals surface area (Å²) in [7, 11) is 0. The molecule has 0 spiro atoms. The molecule has 55 heavy (non-hydrogen) atoms. The van der Waals surface area contributed by atoms with Gasteiger partial charge in [-0.25, -0.2) is 0 Å². The number of hydrogen-bond acceptors (Lipinski definition) is 3. The van der Waals surface area contributed by atoms with E-state index in [4.69, 9.17) is 9.47 Å². The Morgan fingerprint density at radius 2 is 0.982 bits per heavy atom. The van der Waals surface area contributed by atoms with Crippen LogP contribution in [0.25, 0.3) is 11.1 Å². The predicted molar refractivity (Wildman–Crippen MR) is 225 cm³/mol. The summed E-state index contributed by atoms with van der Waals surface area (Å²) in [4.78, 5) is 2.50. The number of nitrogens with zero attached hydrogens (tertiary/aromatic N) is 1. The van der Waals surface area contributed by atoms with Gasteiger partial charge in [-0.1, -0.05) is 0 Å². The molecule has 0 fully saturated rings. The Morgan fingerprint density at radius 1 is 0.455 bits per heavy atom. The van der Waals surface area contributed by atoms with Crippen molar-refractivity contribution in [2.24, 2.45) is 0 Å². The third-order valence-corrected chi connectivity index (χ3v) is 22.9. The number of anilines is 3. The molecule has 0 saturated heterocycles. The number of benzene rings is 8. The Kier molecular flexibility index (Phi) is 6.29. The van der Waals surface area contributed by atoms with Gasteiger partial charge in [-0.05, 0) is 0 Å². The summed E-state index contributed by atoms with van der Waals surface area (Å²) in [5.41, 5.74) is 13.0. The van der Waals surface area contributed by atoms with E-state index in [-0.39, 0.29) is 0 Å². The summed E-state index contributed by atoms with van der Waals surface area (Å²) >= 11 is -3.75. The standard InChI is InChI=1S/C51H35GeNO2/c1-32-25-29-42-46-49(32)54-44-23-14-24-45-48(44)52(46,36-19-10-5-11-20-36)47-43(30-26-33(2)50(47)55-45)53(42)37-27-28-41-39(31-37)38-21-12-13-22-40(38)51(41,34-15-6-3-7-16-34)35-17-8-4-9-18-35/h3-31H,1-2H3. The molecule has 12 rings (SSSR count). The van der Waals surface area contributed by atoms with Gasteiger partial charge in [0.1, 0.15) is 0 Å². The molecule has 260 valence electrons. The Morgan fingerprint density at radius 3 is 1.58 bits per heavy atom. The molecular formula is C51H35GeNO2. The fourth-order valence-corrected chi connectivity index (χ4v) is 22.3. The number of rotatable bonds is 4. The Balaban J connectivity index is 1.18. The van der Waals surface area contributed by atoms with Gasteiger partial charge in [-0.2, -0.15) is 0 Å². The monoisotopic (exact) mass is 767 g/mol. The average Bonchev–Trinajstić information content (AvgIpc) is 3.54. The van der Waals surface area contributed by atoms with Gasteiger partial charge < -0.3 is 0 Å². The van der Waals surface area contributed by atoms with Crippen molar-refractivity contribution in [2.75, 3.05) is 4.90 Å². The quantitative estimate of drug-likeness (QED) is 0.167. The van der Waals surface area contributed by atoms with Crippen LogP contribution in [0.2, 0.25) is 0 Å². The Hall–Kier alpha value is -6.30. The van der Waals surface area contributed by atoms with Crippen LogP contribution in [0.5, 0.6) is 23.0 Å². The van der Waals surface area contributed by atoms with Crippen LogP contribution >= 0.6 is 0 Å². The maximum atomic E-state index is 7.03. The molecule has 8 aromatic rings. The van der Waals surface area contributed by atoms with Crippen molar-refractivity contribution in [3.8, 4) is 34.1 Å². The van der Waals surface area contributed by atoms with Crippen molar-refractivity contribution in [3.05, 3.63) is 209 Å². The van der Waals surface area contributed by atoms with Gasteiger partial charge in [0.25, 0.3) is 0 Å². The van der Waals surface area contributed by atoms with Crippen molar-refractivity contribution < 1.29 is 9.47 Å². The van der Waals surface area contributed by atoms with Crippen molar-refractivity contribution in [3.63, 3.8) is 0 Å². The molecule has 4 heteroatoms. The fraction of sp³-hybridized carbons (Fsp3) is 0.0588. The van der Waals surface area contributed by atoms with Gasteiger partial charge in [0, 0.05) is 0 Å². The molecule has 0 saturated carbocycles. The summed E-state index contributed by atoms with van der Waals surface area (Å²) in [6, 6.07) is 65.0. The van der Waals surface area contributed by atoms with Crippen molar-refractivity contribution in [1.82, 2.24) is 0 Å². The molecule has 3 heterocycles. The number of ether oxygens (including phenoxy) is 2. The number of fused-ring (bicyclic) bond motifs is 3. The van der Waals surface area contributed by atoms with Gasteiger partial charge in [0.15, 0.2) is 0 Å². The van der Waals surface area contributed by atoms with E-state index in [1.165, 1.54) is 62.3 Å². The van der Waals surface area contributed by atoms with Crippen LogP contribution in [-0.2, 0) is 5.41 Å². The first-order valence-corrected chi connectivity index (χ1v) is 23.3. The third-order valence-electron chi connectivity index (χ3n) is 12.6. The first-order valence-electron chi connectivity index (χ1n) is 19.1. The SMILES string of the molecule is Cc1ccc2[c]3c1Oc1cccc4[c]1[Ge]3([c]1ccccc1)[c]1c(ccc(C)c1O4)N2c1ccc2c(c1)-c1ccccc1C2(c1ccccc1)c1ccccc1. The van der Waals surface area contributed by atoms with Crippen molar-refractivity contribution >= 4 is 47.9 Å². The molecular weight excluding hydrogens is 731 g/mol. The van der Waals surface area contributed by atoms with Crippen LogP contribution in [-0.4, -0.2) is 13.3 Å². The molecule has 0 aromatic heterocycles. The van der Waals surface area contributed by atoms with E-state index in [1.807, 2.05) is 0 Å². The molecule has 8 aromatic carbocycles. The Bertz CT molecular complexity index is 2780. The molecule has 0 bridgehead atoms. The molecule has 0 unspecified atom stereocenters.